The Labute approximate surface area is 164 Å². The number of amides is 1. The van der Waals surface area contributed by atoms with Crippen molar-refractivity contribution in [1.29, 1.82) is 0 Å². The van der Waals surface area contributed by atoms with Gasteiger partial charge in [0.2, 0.25) is 5.91 Å². The molecule has 2 aromatic rings. The van der Waals surface area contributed by atoms with Crippen LogP contribution in [-0.4, -0.2) is 18.6 Å². The first-order valence-corrected chi connectivity index (χ1v) is 9.30. The Balaban J connectivity index is 1.65. The van der Waals surface area contributed by atoms with Crippen molar-refractivity contribution in [3.8, 4) is 11.5 Å². The molecule has 0 aromatic heterocycles. The molecule has 0 unspecified atom stereocenters. The molecule has 6 heteroatoms. The molecule has 0 spiro atoms. The van der Waals surface area contributed by atoms with Gasteiger partial charge in [0.1, 0.15) is 11.5 Å². The summed E-state index contributed by atoms with van der Waals surface area (Å²) in [5.41, 5.74) is 1.03. The summed E-state index contributed by atoms with van der Waals surface area (Å²) < 4.78 is 11.2. The summed E-state index contributed by atoms with van der Waals surface area (Å²) in [6.45, 7) is 4.87. The lowest BCUT2D eigenvalue weighted by Crippen LogP contribution is -2.23. The van der Waals surface area contributed by atoms with Crippen LogP contribution in [0.25, 0.3) is 0 Å². The smallest absolute Gasteiger partial charge is 0.220 e. The zero-order valence-electron chi connectivity index (χ0n) is 14.9. The van der Waals surface area contributed by atoms with Crippen LogP contribution in [0.3, 0.4) is 0 Å². The van der Waals surface area contributed by atoms with E-state index in [9.17, 15) is 4.79 Å². The number of hydrogen-bond donors (Lipinski definition) is 1. The summed E-state index contributed by atoms with van der Waals surface area (Å²) in [4.78, 5) is 11.9. The number of carbonyl (C=O) groups is 1. The van der Waals surface area contributed by atoms with E-state index in [2.05, 4.69) is 5.32 Å². The fourth-order valence-electron chi connectivity index (χ4n) is 2.25. The molecule has 4 nitrogen and oxygen atoms in total. The van der Waals surface area contributed by atoms with E-state index in [1.807, 2.05) is 38.1 Å². The van der Waals surface area contributed by atoms with Crippen LogP contribution in [-0.2, 0) is 11.3 Å². The lowest BCUT2D eigenvalue weighted by Gasteiger charge is -2.11. The Morgan fingerprint density at radius 2 is 1.85 bits per heavy atom. The van der Waals surface area contributed by atoms with Crippen LogP contribution in [0.1, 0.15) is 32.3 Å². The maximum atomic E-state index is 11.9. The van der Waals surface area contributed by atoms with E-state index in [0.717, 1.165) is 11.3 Å². The number of benzene rings is 2. The van der Waals surface area contributed by atoms with Crippen molar-refractivity contribution in [2.75, 3.05) is 6.61 Å². The van der Waals surface area contributed by atoms with Crippen molar-refractivity contribution >= 4 is 29.1 Å². The minimum Gasteiger partial charge on any atom is -0.492 e. The zero-order chi connectivity index (χ0) is 18.9. The van der Waals surface area contributed by atoms with Crippen LogP contribution in [0.4, 0.5) is 0 Å². The Hall–Kier alpha value is -1.91. The Kier molecular flexibility index (Phi) is 8.07. The highest BCUT2D eigenvalue weighted by Crippen LogP contribution is 2.27. The largest absolute Gasteiger partial charge is 0.492 e. The van der Waals surface area contributed by atoms with Gasteiger partial charge in [0.05, 0.1) is 17.7 Å². The average molecular weight is 396 g/mol. The number of rotatable bonds is 9. The van der Waals surface area contributed by atoms with Crippen LogP contribution in [0.15, 0.2) is 42.5 Å². The minimum atomic E-state index is -0.0155. The van der Waals surface area contributed by atoms with Crippen molar-refractivity contribution in [2.24, 2.45) is 0 Å². The Bertz CT molecular complexity index is 717. The fraction of sp³-hybridized carbons (Fsp3) is 0.350. The first-order chi connectivity index (χ1) is 12.4. The van der Waals surface area contributed by atoms with E-state index in [0.29, 0.717) is 41.8 Å². The molecule has 0 saturated carbocycles. The van der Waals surface area contributed by atoms with Crippen molar-refractivity contribution in [1.82, 2.24) is 5.32 Å². The Morgan fingerprint density at radius 3 is 2.50 bits per heavy atom. The molecular formula is C20H23Cl2NO3. The molecule has 1 amide bonds. The zero-order valence-corrected chi connectivity index (χ0v) is 16.4. The summed E-state index contributed by atoms with van der Waals surface area (Å²) in [7, 11) is 0. The molecule has 0 heterocycles. The maximum absolute atomic E-state index is 11.9. The molecule has 0 saturated heterocycles. The van der Waals surface area contributed by atoms with Gasteiger partial charge in [-0.25, -0.2) is 0 Å². The van der Waals surface area contributed by atoms with Gasteiger partial charge in [0, 0.05) is 18.0 Å². The predicted octanol–water partition coefficient (Wildman–Crippen LogP) is 5.26. The molecule has 1 N–H and O–H groups in total. The fourth-order valence-corrected chi connectivity index (χ4v) is 2.72. The van der Waals surface area contributed by atoms with E-state index in [1.54, 1.807) is 18.2 Å². The number of carbonyl (C=O) groups excluding carboxylic acids is 1. The topological polar surface area (TPSA) is 47.6 Å². The van der Waals surface area contributed by atoms with Gasteiger partial charge < -0.3 is 14.8 Å². The highest BCUT2D eigenvalue weighted by atomic mass is 35.5. The number of nitrogens with one attached hydrogen (secondary N) is 1. The minimum absolute atomic E-state index is 0.0155. The van der Waals surface area contributed by atoms with Gasteiger partial charge in [-0.15, -0.1) is 0 Å². The van der Waals surface area contributed by atoms with Crippen LogP contribution in [0.2, 0.25) is 10.0 Å². The molecule has 2 aromatic carbocycles. The first-order valence-electron chi connectivity index (χ1n) is 8.54. The third-order valence-corrected chi connectivity index (χ3v) is 4.01. The third kappa shape index (κ3) is 7.14. The third-order valence-electron chi connectivity index (χ3n) is 3.48. The summed E-state index contributed by atoms with van der Waals surface area (Å²) in [6, 6.07) is 12.8. The highest BCUT2D eigenvalue weighted by molar-refractivity contribution is 6.35. The molecule has 0 aliphatic rings. The van der Waals surface area contributed by atoms with Gasteiger partial charge in [-0.1, -0.05) is 35.3 Å². The average Bonchev–Trinajstić information content (AvgIpc) is 2.59. The summed E-state index contributed by atoms with van der Waals surface area (Å²) in [5.74, 6) is 1.38. The summed E-state index contributed by atoms with van der Waals surface area (Å²) in [6.07, 6.45) is 1.14. The van der Waals surface area contributed by atoms with Crippen LogP contribution in [0.5, 0.6) is 11.5 Å². The second-order valence-electron chi connectivity index (χ2n) is 6.11. The van der Waals surface area contributed by atoms with Crippen molar-refractivity contribution in [3.05, 3.63) is 58.1 Å². The van der Waals surface area contributed by atoms with Gasteiger partial charge in [0.15, 0.2) is 0 Å². The molecule has 0 bridgehead atoms. The van der Waals surface area contributed by atoms with Crippen molar-refractivity contribution in [3.63, 3.8) is 0 Å². The number of halogens is 2. The molecule has 0 fully saturated rings. The Morgan fingerprint density at radius 1 is 1.12 bits per heavy atom. The lowest BCUT2D eigenvalue weighted by atomic mass is 10.2. The molecule has 0 atom stereocenters. The molecule has 0 aliphatic carbocycles. The van der Waals surface area contributed by atoms with Crippen molar-refractivity contribution in [2.45, 2.75) is 39.3 Å². The van der Waals surface area contributed by atoms with Crippen LogP contribution >= 0.6 is 23.2 Å². The second kappa shape index (κ2) is 10.3. The quantitative estimate of drug-likeness (QED) is 0.589. The standard InChI is InChI=1S/C20H23Cl2NO3/c1-14(2)26-17-8-5-15(6-9-17)13-23-20(24)4-3-11-25-19-10-7-16(21)12-18(19)22/h5-10,12,14H,3-4,11,13H2,1-2H3,(H,23,24). The molecule has 0 radical (unpaired) electrons. The SMILES string of the molecule is CC(C)Oc1ccc(CNC(=O)CCCOc2ccc(Cl)cc2Cl)cc1. The summed E-state index contributed by atoms with van der Waals surface area (Å²) in [5, 5.41) is 3.92. The molecule has 2 rings (SSSR count). The molecule has 140 valence electrons. The van der Waals surface area contributed by atoms with E-state index >= 15 is 0 Å². The van der Waals surface area contributed by atoms with Gasteiger partial charge in [0.25, 0.3) is 0 Å². The van der Waals surface area contributed by atoms with Gasteiger partial charge >= 0.3 is 0 Å². The van der Waals surface area contributed by atoms with E-state index < -0.39 is 0 Å². The van der Waals surface area contributed by atoms with Gasteiger partial charge in [-0.2, -0.15) is 0 Å². The first kappa shape index (κ1) is 20.4. The highest BCUT2D eigenvalue weighted by Gasteiger charge is 2.05. The van der Waals surface area contributed by atoms with E-state index in [1.165, 1.54) is 0 Å². The predicted molar refractivity (Wildman–Crippen MR) is 105 cm³/mol. The molecule has 26 heavy (non-hydrogen) atoms. The molecular weight excluding hydrogens is 373 g/mol. The van der Waals surface area contributed by atoms with Crippen LogP contribution in [0, 0.1) is 0 Å². The summed E-state index contributed by atoms with van der Waals surface area (Å²) >= 11 is 11.9. The van der Waals surface area contributed by atoms with Crippen molar-refractivity contribution < 1.29 is 14.3 Å². The number of hydrogen-bond acceptors (Lipinski definition) is 3. The van der Waals surface area contributed by atoms with Crippen LogP contribution < -0.4 is 14.8 Å². The van der Waals surface area contributed by atoms with Gasteiger partial charge in [-0.3, -0.25) is 4.79 Å². The monoisotopic (exact) mass is 395 g/mol. The number of ether oxygens (including phenoxy) is 2. The normalized spacial score (nSPS) is 10.7. The second-order valence-corrected chi connectivity index (χ2v) is 6.96. The maximum Gasteiger partial charge on any atom is 0.220 e. The van der Waals surface area contributed by atoms with Gasteiger partial charge in [-0.05, 0) is 56.2 Å². The van der Waals surface area contributed by atoms with E-state index in [4.69, 9.17) is 32.7 Å². The van der Waals surface area contributed by atoms with E-state index in [-0.39, 0.29) is 12.0 Å². The lowest BCUT2D eigenvalue weighted by molar-refractivity contribution is -0.121. The molecule has 0 aliphatic heterocycles.